The fourth-order valence-corrected chi connectivity index (χ4v) is 2.10. The summed E-state index contributed by atoms with van der Waals surface area (Å²) in [6.45, 7) is 0. The van der Waals surface area contributed by atoms with E-state index in [2.05, 4.69) is 21.2 Å². The summed E-state index contributed by atoms with van der Waals surface area (Å²) in [5.41, 5.74) is -0.325. The second kappa shape index (κ2) is 8.29. The van der Waals surface area contributed by atoms with Gasteiger partial charge in [0.15, 0.2) is 0 Å². The molecule has 1 aromatic rings. The van der Waals surface area contributed by atoms with Gasteiger partial charge in [0.2, 0.25) is 5.91 Å². The van der Waals surface area contributed by atoms with Crippen LogP contribution in [0.3, 0.4) is 0 Å². The van der Waals surface area contributed by atoms with Gasteiger partial charge in [-0.15, -0.1) is 0 Å². The van der Waals surface area contributed by atoms with E-state index >= 15 is 0 Å². The average molecular weight is 352 g/mol. The van der Waals surface area contributed by atoms with Gasteiger partial charge in [0.25, 0.3) is 0 Å². The van der Waals surface area contributed by atoms with Gasteiger partial charge >= 0.3 is 6.18 Å². The Labute approximate surface area is 124 Å². The minimum absolute atomic E-state index is 0.163. The molecule has 0 saturated heterocycles. The van der Waals surface area contributed by atoms with Crippen molar-refractivity contribution < 1.29 is 18.0 Å². The fraction of sp³-hybridized carbons (Fsp3) is 0.500. The summed E-state index contributed by atoms with van der Waals surface area (Å²) < 4.78 is 37.1. The van der Waals surface area contributed by atoms with Gasteiger partial charge in [-0.25, -0.2) is 0 Å². The Balaban J connectivity index is 2.35. The molecule has 0 fully saturated rings. The largest absolute Gasteiger partial charge is 0.416 e. The minimum atomic E-state index is -4.35. The van der Waals surface area contributed by atoms with E-state index in [0.29, 0.717) is 12.1 Å². The molecule has 0 unspecified atom stereocenters. The highest BCUT2D eigenvalue weighted by molar-refractivity contribution is 9.09. The van der Waals surface area contributed by atoms with Crippen LogP contribution in [0.4, 0.5) is 18.9 Å². The van der Waals surface area contributed by atoms with Crippen molar-refractivity contribution in [1.29, 1.82) is 0 Å². The molecule has 1 N–H and O–H groups in total. The fourth-order valence-electron chi connectivity index (χ4n) is 1.70. The Kier molecular flexibility index (Phi) is 7.05. The highest BCUT2D eigenvalue weighted by Gasteiger charge is 2.29. The Hall–Kier alpha value is -1.04. The number of unbranched alkanes of at least 4 members (excludes halogenated alkanes) is 3. The lowest BCUT2D eigenvalue weighted by Crippen LogP contribution is -2.11. The van der Waals surface area contributed by atoms with E-state index in [-0.39, 0.29) is 5.91 Å². The van der Waals surface area contributed by atoms with Crippen molar-refractivity contribution in [2.24, 2.45) is 0 Å². The summed E-state index contributed by atoms with van der Waals surface area (Å²) in [4.78, 5) is 11.6. The molecule has 1 rings (SSSR count). The van der Waals surface area contributed by atoms with Crippen LogP contribution in [0.2, 0.25) is 0 Å². The van der Waals surface area contributed by atoms with E-state index in [1.807, 2.05) is 0 Å². The molecule has 6 heteroatoms. The Bertz CT molecular complexity index is 417. The maximum absolute atomic E-state index is 12.4. The van der Waals surface area contributed by atoms with Gasteiger partial charge in [0.05, 0.1) is 5.56 Å². The van der Waals surface area contributed by atoms with Crippen LogP contribution in [-0.4, -0.2) is 11.2 Å². The molecule has 112 valence electrons. The number of rotatable bonds is 7. The summed E-state index contributed by atoms with van der Waals surface area (Å²) >= 11 is 3.34. The molecule has 0 radical (unpaired) electrons. The standard InChI is InChI=1S/C14H17BrF3NO/c15-10-4-2-1-3-5-13(20)19-12-8-6-11(7-9-12)14(16,17)18/h6-9H,1-5,10H2,(H,19,20). The normalized spacial score (nSPS) is 11.4. The molecular weight excluding hydrogens is 335 g/mol. The number of alkyl halides is 4. The third-order valence-corrected chi connectivity index (χ3v) is 3.34. The molecule has 0 aliphatic heterocycles. The van der Waals surface area contributed by atoms with Gasteiger partial charge < -0.3 is 5.32 Å². The van der Waals surface area contributed by atoms with Gasteiger partial charge in [-0.05, 0) is 37.1 Å². The molecule has 1 amide bonds. The molecule has 0 aromatic heterocycles. The SMILES string of the molecule is O=C(CCCCCCBr)Nc1ccc(C(F)(F)F)cc1. The van der Waals surface area contributed by atoms with Crippen LogP contribution in [0.5, 0.6) is 0 Å². The maximum Gasteiger partial charge on any atom is 0.416 e. The molecule has 0 aliphatic rings. The lowest BCUT2D eigenvalue weighted by Gasteiger charge is -2.08. The third-order valence-electron chi connectivity index (χ3n) is 2.78. The van der Waals surface area contributed by atoms with Crippen LogP contribution in [0.1, 0.15) is 37.7 Å². The highest BCUT2D eigenvalue weighted by atomic mass is 79.9. The number of hydrogen-bond donors (Lipinski definition) is 1. The zero-order chi connectivity index (χ0) is 15.0. The van der Waals surface area contributed by atoms with Crippen LogP contribution in [0.15, 0.2) is 24.3 Å². The highest BCUT2D eigenvalue weighted by Crippen LogP contribution is 2.29. The number of carbonyl (C=O) groups excluding carboxylic acids is 1. The molecular formula is C14H17BrF3NO. The average Bonchev–Trinajstić information content (AvgIpc) is 2.38. The van der Waals surface area contributed by atoms with Crippen molar-refractivity contribution in [3.63, 3.8) is 0 Å². The predicted molar refractivity (Wildman–Crippen MR) is 77.0 cm³/mol. The van der Waals surface area contributed by atoms with Gasteiger partial charge in [-0.1, -0.05) is 28.8 Å². The number of nitrogens with one attached hydrogen (secondary N) is 1. The van der Waals surface area contributed by atoms with E-state index < -0.39 is 11.7 Å². The minimum Gasteiger partial charge on any atom is -0.326 e. The van der Waals surface area contributed by atoms with E-state index in [1.165, 1.54) is 12.1 Å². The van der Waals surface area contributed by atoms with Crippen LogP contribution in [0.25, 0.3) is 0 Å². The molecule has 0 aliphatic carbocycles. The van der Waals surface area contributed by atoms with Crippen molar-refractivity contribution in [3.05, 3.63) is 29.8 Å². The molecule has 0 atom stereocenters. The Morgan fingerprint density at radius 3 is 2.20 bits per heavy atom. The molecule has 20 heavy (non-hydrogen) atoms. The summed E-state index contributed by atoms with van der Waals surface area (Å²) in [6.07, 6.45) is -0.0356. The van der Waals surface area contributed by atoms with Crippen LogP contribution < -0.4 is 5.32 Å². The summed E-state index contributed by atoms with van der Waals surface area (Å²) in [7, 11) is 0. The van der Waals surface area contributed by atoms with E-state index in [1.54, 1.807) is 0 Å². The first-order valence-electron chi connectivity index (χ1n) is 6.46. The lowest BCUT2D eigenvalue weighted by molar-refractivity contribution is -0.137. The lowest BCUT2D eigenvalue weighted by atomic mass is 10.1. The first-order valence-corrected chi connectivity index (χ1v) is 7.58. The Morgan fingerprint density at radius 1 is 1.05 bits per heavy atom. The summed E-state index contributed by atoms with van der Waals surface area (Å²) in [5, 5.41) is 3.56. The quantitative estimate of drug-likeness (QED) is 0.544. The maximum atomic E-state index is 12.4. The molecule has 2 nitrogen and oxygen atoms in total. The molecule has 0 bridgehead atoms. The van der Waals surface area contributed by atoms with Gasteiger partial charge in [0.1, 0.15) is 0 Å². The third kappa shape index (κ3) is 6.41. The first kappa shape index (κ1) is 17.0. The number of anilines is 1. The predicted octanol–water partition coefficient (Wildman–Crippen LogP) is 4.99. The topological polar surface area (TPSA) is 29.1 Å². The first-order chi connectivity index (χ1) is 9.43. The second-order valence-electron chi connectivity index (χ2n) is 4.48. The summed E-state index contributed by atoms with van der Waals surface area (Å²) in [5.74, 6) is -0.163. The van der Waals surface area contributed by atoms with Gasteiger partial charge in [0, 0.05) is 17.4 Å². The van der Waals surface area contributed by atoms with Crippen LogP contribution in [0, 0.1) is 0 Å². The smallest absolute Gasteiger partial charge is 0.326 e. The van der Waals surface area contributed by atoms with Crippen LogP contribution in [-0.2, 0) is 11.0 Å². The second-order valence-corrected chi connectivity index (χ2v) is 5.27. The van der Waals surface area contributed by atoms with Crippen molar-refractivity contribution >= 4 is 27.5 Å². The zero-order valence-corrected chi connectivity index (χ0v) is 12.6. The molecule has 0 heterocycles. The monoisotopic (exact) mass is 351 g/mol. The number of benzene rings is 1. The van der Waals surface area contributed by atoms with Crippen molar-refractivity contribution in [1.82, 2.24) is 0 Å². The van der Waals surface area contributed by atoms with Gasteiger partial charge in [-0.2, -0.15) is 13.2 Å². The summed E-state index contributed by atoms with van der Waals surface area (Å²) in [6, 6.07) is 4.47. The van der Waals surface area contributed by atoms with Crippen LogP contribution >= 0.6 is 15.9 Å². The van der Waals surface area contributed by atoms with E-state index in [4.69, 9.17) is 0 Å². The van der Waals surface area contributed by atoms with Crippen molar-refractivity contribution in [2.45, 2.75) is 38.3 Å². The molecule has 0 saturated carbocycles. The van der Waals surface area contributed by atoms with E-state index in [9.17, 15) is 18.0 Å². The zero-order valence-electron chi connectivity index (χ0n) is 11.0. The molecule has 1 aromatic carbocycles. The Morgan fingerprint density at radius 2 is 1.65 bits per heavy atom. The molecule has 0 spiro atoms. The van der Waals surface area contributed by atoms with E-state index in [0.717, 1.165) is 43.1 Å². The number of halogens is 4. The number of hydrogen-bond acceptors (Lipinski definition) is 1. The van der Waals surface area contributed by atoms with Crippen molar-refractivity contribution in [3.8, 4) is 0 Å². The van der Waals surface area contributed by atoms with Gasteiger partial charge in [-0.3, -0.25) is 4.79 Å². The van der Waals surface area contributed by atoms with Crippen molar-refractivity contribution in [2.75, 3.05) is 10.6 Å². The number of amides is 1. The number of carbonyl (C=O) groups is 1.